The minimum atomic E-state index is -0.332. The molecule has 7 nitrogen and oxygen atoms in total. The molecule has 1 aromatic rings. The van der Waals surface area contributed by atoms with Crippen LogP contribution in [-0.4, -0.2) is 65.1 Å². The second kappa shape index (κ2) is 7.30. The Morgan fingerprint density at radius 2 is 2.00 bits per heavy atom. The Morgan fingerprint density at radius 3 is 2.55 bits per heavy atom. The maximum absolute atomic E-state index is 11.3. The van der Waals surface area contributed by atoms with Crippen molar-refractivity contribution in [1.29, 1.82) is 0 Å². The van der Waals surface area contributed by atoms with Crippen molar-refractivity contribution >= 4 is 5.91 Å². The van der Waals surface area contributed by atoms with Gasteiger partial charge in [-0.2, -0.15) is 0 Å². The summed E-state index contributed by atoms with van der Waals surface area (Å²) < 4.78 is 0. The van der Waals surface area contributed by atoms with Crippen LogP contribution in [0.5, 0.6) is 0 Å². The highest BCUT2D eigenvalue weighted by atomic mass is 16.3. The molecule has 1 aliphatic heterocycles. The number of amides is 1. The van der Waals surface area contributed by atoms with Crippen LogP contribution in [0.4, 0.5) is 0 Å². The predicted octanol–water partition coefficient (Wildman–Crippen LogP) is -1.20. The number of rotatable bonds is 5. The van der Waals surface area contributed by atoms with Crippen LogP contribution in [0.3, 0.4) is 0 Å². The van der Waals surface area contributed by atoms with Crippen LogP contribution >= 0.6 is 0 Å². The van der Waals surface area contributed by atoms with E-state index < -0.39 is 0 Å². The van der Waals surface area contributed by atoms with Crippen molar-refractivity contribution in [2.75, 3.05) is 39.3 Å². The first-order valence-corrected chi connectivity index (χ1v) is 6.74. The third-order valence-corrected chi connectivity index (χ3v) is 3.48. The number of nitrogen functional groups attached to an aromatic ring is 1. The van der Waals surface area contributed by atoms with Crippen LogP contribution in [-0.2, 0) is 6.54 Å². The largest absolute Gasteiger partial charge is 0.395 e. The summed E-state index contributed by atoms with van der Waals surface area (Å²) in [7, 11) is 0. The number of β-amino-alcohol motifs (C(OH)–C–C–N with tert-alkyl or cyclic N) is 1. The molecule has 1 saturated heterocycles. The fourth-order valence-electron chi connectivity index (χ4n) is 2.28. The molecule has 1 aromatic heterocycles. The van der Waals surface area contributed by atoms with Crippen molar-refractivity contribution in [2.45, 2.75) is 6.54 Å². The molecule has 0 aromatic carbocycles. The summed E-state index contributed by atoms with van der Waals surface area (Å²) in [5.41, 5.74) is 3.48. The van der Waals surface area contributed by atoms with E-state index in [9.17, 15) is 4.79 Å². The topological polar surface area (TPSA) is 94.7 Å². The number of carbonyl (C=O) groups is 1. The lowest BCUT2D eigenvalue weighted by Gasteiger charge is -2.34. The fourth-order valence-corrected chi connectivity index (χ4v) is 2.28. The lowest BCUT2D eigenvalue weighted by molar-refractivity contribution is 0.0953. The summed E-state index contributed by atoms with van der Waals surface area (Å²) in [6.45, 7) is 5.60. The van der Waals surface area contributed by atoms with Gasteiger partial charge in [0.05, 0.1) is 17.9 Å². The van der Waals surface area contributed by atoms with Crippen LogP contribution in [0.15, 0.2) is 18.3 Å². The van der Waals surface area contributed by atoms with Gasteiger partial charge in [0.15, 0.2) is 0 Å². The first kappa shape index (κ1) is 14.9. The molecule has 2 rings (SSSR count). The Kier molecular flexibility index (Phi) is 5.42. The van der Waals surface area contributed by atoms with Gasteiger partial charge in [0.25, 0.3) is 5.91 Å². The van der Waals surface area contributed by atoms with E-state index in [1.165, 1.54) is 0 Å². The Balaban J connectivity index is 1.84. The van der Waals surface area contributed by atoms with Crippen LogP contribution in [0.2, 0.25) is 0 Å². The van der Waals surface area contributed by atoms with Crippen molar-refractivity contribution in [3.8, 4) is 0 Å². The zero-order chi connectivity index (χ0) is 14.4. The SMILES string of the molecule is NNC(=O)c1ccc(CN2CCN(CCO)CC2)nc1. The molecule has 7 heteroatoms. The van der Waals surface area contributed by atoms with Gasteiger partial charge in [-0.1, -0.05) is 0 Å². The zero-order valence-electron chi connectivity index (χ0n) is 11.5. The van der Waals surface area contributed by atoms with E-state index in [0.717, 1.165) is 45.0 Å². The predicted molar refractivity (Wildman–Crippen MR) is 74.7 cm³/mol. The Bertz CT molecular complexity index is 429. The highest BCUT2D eigenvalue weighted by Crippen LogP contribution is 2.07. The standard InChI is InChI=1S/C13H21N5O2/c14-16-13(20)11-1-2-12(15-9-11)10-18-5-3-17(4-6-18)7-8-19/h1-2,9,19H,3-8,10,14H2,(H,16,20). The van der Waals surface area contributed by atoms with E-state index in [4.69, 9.17) is 10.9 Å². The lowest BCUT2D eigenvalue weighted by Crippen LogP contribution is -2.46. The van der Waals surface area contributed by atoms with Crippen molar-refractivity contribution in [2.24, 2.45) is 5.84 Å². The molecule has 0 bridgehead atoms. The minimum Gasteiger partial charge on any atom is -0.395 e. The molecule has 1 aliphatic rings. The summed E-state index contributed by atoms with van der Waals surface area (Å²) in [5, 5.41) is 8.90. The van der Waals surface area contributed by atoms with Crippen LogP contribution in [0.1, 0.15) is 16.1 Å². The Labute approximate surface area is 118 Å². The fraction of sp³-hybridized carbons (Fsp3) is 0.538. The first-order chi connectivity index (χ1) is 9.72. The quantitative estimate of drug-likeness (QED) is 0.356. The number of nitrogens with one attached hydrogen (secondary N) is 1. The molecule has 4 N–H and O–H groups in total. The second-order valence-corrected chi connectivity index (χ2v) is 4.85. The van der Waals surface area contributed by atoms with Gasteiger partial charge in [-0.3, -0.25) is 25.0 Å². The number of aliphatic hydroxyl groups excluding tert-OH is 1. The maximum Gasteiger partial charge on any atom is 0.266 e. The highest BCUT2D eigenvalue weighted by Gasteiger charge is 2.16. The number of hydrazine groups is 1. The molecular weight excluding hydrogens is 258 g/mol. The van der Waals surface area contributed by atoms with Gasteiger partial charge in [-0.15, -0.1) is 0 Å². The number of piperazine rings is 1. The number of aromatic nitrogens is 1. The van der Waals surface area contributed by atoms with Gasteiger partial charge >= 0.3 is 0 Å². The number of nitrogens with two attached hydrogens (primary N) is 1. The number of hydrogen-bond donors (Lipinski definition) is 3. The van der Waals surface area contributed by atoms with E-state index in [1.54, 1.807) is 12.3 Å². The van der Waals surface area contributed by atoms with Crippen LogP contribution < -0.4 is 11.3 Å². The third-order valence-electron chi connectivity index (χ3n) is 3.48. The van der Waals surface area contributed by atoms with E-state index in [1.807, 2.05) is 6.07 Å². The van der Waals surface area contributed by atoms with E-state index in [2.05, 4.69) is 20.2 Å². The Morgan fingerprint density at radius 1 is 1.30 bits per heavy atom. The molecule has 0 saturated carbocycles. The molecule has 2 heterocycles. The van der Waals surface area contributed by atoms with Gasteiger partial charge in [-0.05, 0) is 12.1 Å². The molecule has 1 fully saturated rings. The Hall–Kier alpha value is -1.54. The average Bonchev–Trinajstić information content (AvgIpc) is 2.49. The van der Waals surface area contributed by atoms with Crippen molar-refractivity contribution in [3.63, 3.8) is 0 Å². The van der Waals surface area contributed by atoms with Gasteiger partial charge in [0.1, 0.15) is 0 Å². The molecule has 0 spiro atoms. The van der Waals surface area contributed by atoms with Gasteiger partial charge < -0.3 is 5.11 Å². The van der Waals surface area contributed by atoms with E-state index in [0.29, 0.717) is 5.56 Å². The van der Waals surface area contributed by atoms with Crippen molar-refractivity contribution < 1.29 is 9.90 Å². The van der Waals surface area contributed by atoms with Crippen LogP contribution in [0.25, 0.3) is 0 Å². The molecule has 110 valence electrons. The number of aliphatic hydroxyl groups is 1. The maximum atomic E-state index is 11.3. The molecular formula is C13H21N5O2. The smallest absolute Gasteiger partial charge is 0.266 e. The van der Waals surface area contributed by atoms with Gasteiger partial charge in [0.2, 0.25) is 0 Å². The molecule has 0 unspecified atom stereocenters. The summed E-state index contributed by atoms with van der Waals surface area (Å²) in [5.74, 6) is 4.74. The number of nitrogens with zero attached hydrogens (tertiary/aromatic N) is 3. The number of carbonyl (C=O) groups excluding carboxylic acids is 1. The van der Waals surface area contributed by atoms with E-state index in [-0.39, 0.29) is 12.5 Å². The molecule has 0 radical (unpaired) electrons. The lowest BCUT2D eigenvalue weighted by atomic mass is 10.2. The van der Waals surface area contributed by atoms with Gasteiger partial charge in [-0.25, -0.2) is 5.84 Å². The number of pyridine rings is 1. The average molecular weight is 279 g/mol. The molecule has 1 amide bonds. The molecule has 0 atom stereocenters. The summed E-state index contributed by atoms with van der Waals surface area (Å²) in [4.78, 5) is 20.2. The second-order valence-electron chi connectivity index (χ2n) is 4.85. The minimum absolute atomic E-state index is 0.215. The summed E-state index contributed by atoms with van der Waals surface area (Å²) in [6, 6.07) is 3.58. The van der Waals surface area contributed by atoms with Crippen molar-refractivity contribution in [3.05, 3.63) is 29.6 Å². The number of hydrogen-bond acceptors (Lipinski definition) is 6. The van der Waals surface area contributed by atoms with Gasteiger partial charge in [0, 0.05) is 45.5 Å². The molecule has 0 aliphatic carbocycles. The summed E-state index contributed by atoms with van der Waals surface area (Å²) >= 11 is 0. The zero-order valence-corrected chi connectivity index (χ0v) is 11.5. The van der Waals surface area contributed by atoms with Crippen molar-refractivity contribution in [1.82, 2.24) is 20.2 Å². The summed E-state index contributed by atoms with van der Waals surface area (Å²) in [6.07, 6.45) is 1.54. The van der Waals surface area contributed by atoms with Crippen LogP contribution in [0, 0.1) is 0 Å². The normalized spacial score (nSPS) is 17.1. The first-order valence-electron chi connectivity index (χ1n) is 6.74. The van der Waals surface area contributed by atoms with E-state index >= 15 is 0 Å². The molecule has 20 heavy (non-hydrogen) atoms. The monoisotopic (exact) mass is 279 g/mol. The third kappa shape index (κ3) is 3.97. The highest BCUT2D eigenvalue weighted by molar-refractivity contribution is 5.93.